The lowest BCUT2D eigenvalue weighted by molar-refractivity contribution is -0.119. The Hall–Kier alpha value is -2.54. The quantitative estimate of drug-likeness (QED) is 0.922. The molecule has 0 saturated carbocycles. The molecule has 1 saturated heterocycles. The zero-order valence-electron chi connectivity index (χ0n) is 13.1. The maximum absolute atomic E-state index is 12.6. The van der Waals surface area contributed by atoms with E-state index in [2.05, 4.69) is 10.3 Å². The largest absolute Gasteiger partial charge is 0.497 e. The molecular formula is C17H17N3O3S. The molecular weight excluding hydrogens is 326 g/mol. The van der Waals surface area contributed by atoms with Crippen LogP contribution in [0.4, 0.5) is 5.69 Å². The van der Waals surface area contributed by atoms with Crippen molar-refractivity contribution in [3.63, 3.8) is 0 Å². The predicted molar refractivity (Wildman–Crippen MR) is 93.1 cm³/mol. The highest BCUT2D eigenvalue weighted by molar-refractivity contribution is 7.99. The van der Waals surface area contributed by atoms with Crippen molar-refractivity contribution >= 4 is 29.3 Å². The summed E-state index contributed by atoms with van der Waals surface area (Å²) < 4.78 is 5.10. The summed E-state index contributed by atoms with van der Waals surface area (Å²) in [6, 6.07) is 10.0. The number of thioether (sulfide) groups is 1. The first-order valence-corrected chi connectivity index (χ1v) is 8.58. The highest BCUT2D eigenvalue weighted by atomic mass is 32.2. The molecule has 0 radical (unpaired) electrons. The molecule has 1 aliphatic rings. The van der Waals surface area contributed by atoms with E-state index in [1.807, 2.05) is 0 Å². The molecule has 0 unspecified atom stereocenters. The average Bonchev–Trinajstić information content (AvgIpc) is 3.12. The van der Waals surface area contributed by atoms with Crippen molar-refractivity contribution < 1.29 is 14.3 Å². The van der Waals surface area contributed by atoms with Gasteiger partial charge in [0.15, 0.2) is 0 Å². The van der Waals surface area contributed by atoms with E-state index in [0.717, 1.165) is 5.75 Å². The number of nitrogens with zero attached hydrogens (tertiary/aromatic N) is 2. The number of carbonyl (C=O) groups excluding carboxylic acids is 2. The maximum atomic E-state index is 12.6. The van der Waals surface area contributed by atoms with Crippen LogP contribution in [0.2, 0.25) is 0 Å². The lowest BCUT2D eigenvalue weighted by atomic mass is 10.2. The molecule has 2 amide bonds. The zero-order chi connectivity index (χ0) is 16.9. The normalized spacial score (nSPS) is 16.7. The Morgan fingerprint density at radius 1 is 1.29 bits per heavy atom. The van der Waals surface area contributed by atoms with Crippen LogP contribution < -0.4 is 10.1 Å². The van der Waals surface area contributed by atoms with E-state index in [9.17, 15) is 9.59 Å². The Morgan fingerprint density at radius 2 is 2.08 bits per heavy atom. The third-order valence-electron chi connectivity index (χ3n) is 3.71. The van der Waals surface area contributed by atoms with Crippen molar-refractivity contribution in [3.05, 3.63) is 54.4 Å². The van der Waals surface area contributed by atoms with Gasteiger partial charge in [-0.05, 0) is 36.4 Å². The highest BCUT2D eigenvalue weighted by Gasteiger charge is 2.35. The Bertz CT molecular complexity index is 722. The Balaban J connectivity index is 1.70. The second-order valence-electron chi connectivity index (χ2n) is 5.25. The van der Waals surface area contributed by atoms with Gasteiger partial charge in [-0.2, -0.15) is 0 Å². The minimum absolute atomic E-state index is 0.178. The summed E-state index contributed by atoms with van der Waals surface area (Å²) in [6.45, 7) is 0. The van der Waals surface area contributed by atoms with Gasteiger partial charge in [0.05, 0.1) is 18.6 Å². The molecule has 7 heteroatoms. The summed E-state index contributed by atoms with van der Waals surface area (Å²) in [4.78, 5) is 30.7. The monoisotopic (exact) mass is 343 g/mol. The fourth-order valence-electron chi connectivity index (χ4n) is 2.42. The van der Waals surface area contributed by atoms with Crippen LogP contribution in [0, 0.1) is 0 Å². The number of carbonyl (C=O) groups is 2. The molecule has 1 fully saturated rings. The van der Waals surface area contributed by atoms with Crippen molar-refractivity contribution in [2.45, 2.75) is 6.04 Å². The first kappa shape index (κ1) is 16.3. The van der Waals surface area contributed by atoms with Crippen LogP contribution in [0.25, 0.3) is 0 Å². The third kappa shape index (κ3) is 3.51. The first-order valence-electron chi connectivity index (χ1n) is 7.42. The summed E-state index contributed by atoms with van der Waals surface area (Å²) >= 11 is 1.56. The van der Waals surface area contributed by atoms with Gasteiger partial charge in [-0.25, -0.2) is 0 Å². The molecule has 1 atom stereocenters. The number of pyridine rings is 1. The van der Waals surface area contributed by atoms with Gasteiger partial charge in [0, 0.05) is 23.8 Å². The predicted octanol–water partition coefficient (Wildman–Crippen LogP) is 2.24. The van der Waals surface area contributed by atoms with Gasteiger partial charge in [-0.15, -0.1) is 11.8 Å². The molecule has 1 aliphatic heterocycles. The number of nitrogens with one attached hydrogen (secondary N) is 1. The summed E-state index contributed by atoms with van der Waals surface area (Å²) in [5, 5.41) is 2.85. The molecule has 1 aromatic carbocycles. The maximum Gasteiger partial charge on any atom is 0.256 e. The van der Waals surface area contributed by atoms with Gasteiger partial charge in [0.2, 0.25) is 5.91 Å². The van der Waals surface area contributed by atoms with Crippen molar-refractivity contribution in [1.29, 1.82) is 0 Å². The lowest BCUT2D eigenvalue weighted by Gasteiger charge is -2.23. The van der Waals surface area contributed by atoms with Crippen LogP contribution >= 0.6 is 11.8 Å². The molecule has 24 heavy (non-hydrogen) atoms. The van der Waals surface area contributed by atoms with Crippen LogP contribution in [-0.4, -0.2) is 46.5 Å². The van der Waals surface area contributed by atoms with Crippen LogP contribution in [-0.2, 0) is 4.79 Å². The third-order valence-corrected chi connectivity index (χ3v) is 4.72. The summed E-state index contributed by atoms with van der Waals surface area (Å²) in [5.41, 5.74) is 1.16. The van der Waals surface area contributed by atoms with Crippen molar-refractivity contribution in [2.24, 2.45) is 0 Å². The van der Waals surface area contributed by atoms with E-state index >= 15 is 0 Å². The summed E-state index contributed by atoms with van der Waals surface area (Å²) in [7, 11) is 1.59. The number of hydrogen-bond acceptors (Lipinski definition) is 5. The molecule has 0 spiro atoms. The highest BCUT2D eigenvalue weighted by Crippen LogP contribution is 2.24. The van der Waals surface area contributed by atoms with E-state index in [-0.39, 0.29) is 11.8 Å². The van der Waals surface area contributed by atoms with Gasteiger partial charge in [0.25, 0.3) is 5.91 Å². The minimum Gasteiger partial charge on any atom is -0.497 e. The smallest absolute Gasteiger partial charge is 0.256 e. The molecule has 3 rings (SSSR count). The van der Waals surface area contributed by atoms with Crippen LogP contribution in [0.15, 0.2) is 48.8 Å². The second-order valence-corrected chi connectivity index (χ2v) is 6.25. The van der Waals surface area contributed by atoms with Gasteiger partial charge in [0.1, 0.15) is 11.8 Å². The van der Waals surface area contributed by atoms with E-state index in [0.29, 0.717) is 22.9 Å². The van der Waals surface area contributed by atoms with Gasteiger partial charge >= 0.3 is 0 Å². The van der Waals surface area contributed by atoms with E-state index < -0.39 is 6.04 Å². The summed E-state index contributed by atoms with van der Waals surface area (Å²) in [5.74, 6) is 1.42. The number of ether oxygens (including phenoxy) is 1. The number of aromatic nitrogens is 1. The Morgan fingerprint density at radius 3 is 2.75 bits per heavy atom. The topological polar surface area (TPSA) is 71.5 Å². The molecule has 2 aromatic rings. The Kier molecular flexibility index (Phi) is 5.00. The van der Waals surface area contributed by atoms with Gasteiger partial charge in [-0.3, -0.25) is 14.6 Å². The molecule has 0 aliphatic carbocycles. The van der Waals surface area contributed by atoms with Crippen molar-refractivity contribution in [2.75, 3.05) is 24.1 Å². The molecule has 1 N–H and O–H groups in total. The average molecular weight is 343 g/mol. The Labute approximate surface area is 144 Å². The van der Waals surface area contributed by atoms with Crippen molar-refractivity contribution in [3.8, 4) is 5.75 Å². The van der Waals surface area contributed by atoms with Gasteiger partial charge in [-0.1, -0.05) is 0 Å². The standard InChI is InChI=1S/C17H17N3O3S/c1-23-14-6-4-13(5-7-14)19-16(21)15-10-24-11-20(15)17(22)12-3-2-8-18-9-12/h2-9,15H,10-11H2,1H3,(H,19,21)/t15-/m0/s1. The number of hydrogen-bond donors (Lipinski definition) is 1. The van der Waals surface area contributed by atoms with E-state index in [1.165, 1.54) is 6.20 Å². The van der Waals surface area contributed by atoms with E-state index in [4.69, 9.17) is 4.74 Å². The van der Waals surface area contributed by atoms with Crippen LogP contribution in [0.1, 0.15) is 10.4 Å². The molecule has 2 heterocycles. The second kappa shape index (κ2) is 7.35. The fraction of sp³-hybridized carbons (Fsp3) is 0.235. The number of methoxy groups -OCH3 is 1. The number of anilines is 1. The molecule has 1 aromatic heterocycles. The van der Waals surface area contributed by atoms with Crippen LogP contribution in [0.5, 0.6) is 5.75 Å². The van der Waals surface area contributed by atoms with Crippen LogP contribution in [0.3, 0.4) is 0 Å². The molecule has 124 valence electrons. The number of rotatable bonds is 4. The van der Waals surface area contributed by atoms with Gasteiger partial charge < -0.3 is 15.0 Å². The first-order chi connectivity index (χ1) is 11.7. The number of benzene rings is 1. The fourth-order valence-corrected chi connectivity index (χ4v) is 3.57. The lowest BCUT2D eigenvalue weighted by Crippen LogP contribution is -2.44. The SMILES string of the molecule is COc1ccc(NC(=O)[C@@H]2CSCN2C(=O)c2cccnc2)cc1. The molecule has 6 nitrogen and oxygen atoms in total. The summed E-state index contributed by atoms with van der Waals surface area (Å²) in [6.07, 6.45) is 3.13. The number of amides is 2. The van der Waals surface area contributed by atoms with E-state index in [1.54, 1.807) is 66.4 Å². The molecule has 0 bridgehead atoms. The zero-order valence-corrected chi connectivity index (χ0v) is 14.0. The minimum atomic E-state index is -0.496. The van der Waals surface area contributed by atoms with Crippen molar-refractivity contribution in [1.82, 2.24) is 9.88 Å².